The second kappa shape index (κ2) is 5.35. The van der Waals surface area contributed by atoms with E-state index in [9.17, 15) is 9.59 Å². The molecule has 4 atom stereocenters. The fourth-order valence-electron chi connectivity index (χ4n) is 4.82. The van der Waals surface area contributed by atoms with Crippen LogP contribution in [0.1, 0.15) is 11.1 Å². The molecule has 0 aromatic heterocycles. The predicted octanol–water partition coefficient (Wildman–Crippen LogP) is 1.59. The van der Waals surface area contributed by atoms with E-state index in [1.807, 2.05) is 60.7 Å². The van der Waals surface area contributed by atoms with E-state index < -0.39 is 11.5 Å². The molecule has 5 nitrogen and oxygen atoms in total. The van der Waals surface area contributed by atoms with Crippen LogP contribution >= 0.6 is 0 Å². The molecule has 4 heterocycles. The van der Waals surface area contributed by atoms with Crippen molar-refractivity contribution in [3.8, 4) is 0 Å². The van der Waals surface area contributed by atoms with E-state index in [1.165, 1.54) is 4.90 Å². The summed E-state index contributed by atoms with van der Waals surface area (Å²) in [6.45, 7) is 0.596. The fourth-order valence-corrected chi connectivity index (χ4v) is 4.82. The summed E-state index contributed by atoms with van der Waals surface area (Å²) in [5.41, 5.74) is 2.05. The molecule has 0 saturated carbocycles. The first kappa shape index (κ1) is 15.5. The number of fused-ring (bicyclic) bond motifs is 1. The van der Waals surface area contributed by atoms with Gasteiger partial charge < -0.3 is 0 Å². The molecular weight excluding hydrogens is 326 g/mol. The van der Waals surface area contributed by atoms with Gasteiger partial charge in [0.15, 0.2) is 0 Å². The quantitative estimate of drug-likeness (QED) is 0.841. The van der Waals surface area contributed by atoms with Crippen molar-refractivity contribution in [1.82, 2.24) is 10.2 Å². The van der Waals surface area contributed by atoms with Crippen LogP contribution in [-0.2, 0) is 15.1 Å². The Morgan fingerprint density at radius 3 is 2.35 bits per heavy atom. The zero-order chi connectivity index (χ0) is 17.9. The van der Waals surface area contributed by atoms with Crippen molar-refractivity contribution in [3.05, 3.63) is 71.8 Å². The molecule has 6 rings (SSSR count). The van der Waals surface area contributed by atoms with E-state index in [-0.39, 0.29) is 23.8 Å². The van der Waals surface area contributed by atoms with Crippen molar-refractivity contribution in [3.63, 3.8) is 0 Å². The van der Waals surface area contributed by atoms with Gasteiger partial charge in [0.25, 0.3) is 0 Å². The van der Waals surface area contributed by atoms with Gasteiger partial charge in [0, 0.05) is 13.6 Å². The molecule has 26 heavy (non-hydrogen) atoms. The molecule has 130 valence electrons. The molecular formula is C21H19N3O2. The molecule has 2 aromatic carbocycles. The van der Waals surface area contributed by atoms with Crippen LogP contribution in [0.3, 0.4) is 0 Å². The average molecular weight is 345 g/mol. The van der Waals surface area contributed by atoms with Gasteiger partial charge in [-0.15, -0.1) is 0 Å². The number of likely N-dealkylation sites (tertiary alicyclic amines) is 1. The van der Waals surface area contributed by atoms with Gasteiger partial charge >= 0.3 is 0 Å². The summed E-state index contributed by atoms with van der Waals surface area (Å²) in [4.78, 5) is 32.1. The molecule has 1 N–H and O–H groups in total. The van der Waals surface area contributed by atoms with Crippen molar-refractivity contribution in [2.24, 2.45) is 16.8 Å². The predicted molar refractivity (Wildman–Crippen MR) is 97.6 cm³/mol. The van der Waals surface area contributed by atoms with E-state index in [0.29, 0.717) is 6.54 Å². The third-order valence-corrected chi connectivity index (χ3v) is 5.99. The largest absolute Gasteiger partial charge is 0.300 e. The van der Waals surface area contributed by atoms with E-state index in [1.54, 1.807) is 7.05 Å². The van der Waals surface area contributed by atoms with Crippen LogP contribution < -0.4 is 5.32 Å². The highest BCUT2D eigenvalue weighted by molar-refractivity contribution is 6.16. The van der Waals surface area contributed by atoms with Gasteiger partial charge in [0.1, 0.15) is 0 Å². The molecule has 2 fully saturated rings. The molecule has 0 radical (unpaired) electrons. The number of benzene rings is 2. The van der Waals surface area contributed by atoms with E-state index in [0.717, 1.165) is 16.8 Å². The van der Waals surface area contributed by atoms with Crippen molar-refractivity contribution < 1.29 is 9.59 Å². The van der Waals surface area contributed by atoms with Gasteiger partial charge in [-0.1, -0.05) is 60.7 Å². The lowest BCUT2D eigenvalue weighted by molar-refractivity contribution is -0.138. The molecule has 2 bridgehead atoms. The topological polar surface area (TPSA) is 61.8 Å². The monoisotopic (exact) mass is 345 g/mol. The zero-order valence-corrected chi connectivity index (χ0v) is 14.4. The van der Waals surface area contributed by atoms with Crippen LogP contribution in [0, 0.1) is 11.8 Å². The van der Waals surface area contributed by atoms with Crippen molar-refractivity contribution >= 4 is 17.5 Å². The third-order valence-electron chi connectivity index (χ3n) is 5.99. The molecule has 5 heteroatoms. The third kappa shape index (κ3) is 1.81. The Labute approximate surface area is 151 Å². The second-order valence-corrected chi connectivity index (χ2v) is 7.20. The zero-order valence-electron chi connectivity index (χ0n) is 14.4. The Morgan fingerprint density at radius 2 is 1.65 bits per heavy atom. The Bertz CT molecular complexity index is 925. The van der Waals surface area contributed by atoms with Crippen molar-refractivity contribution in [2.45, 2.75) is 11.6 Å². The number of rotatable bonds is 2. The van der Waals surface area contributed by atoms with E-state index in [4.69, 9.17) is 4.99 Å². The van der Waals surface area contributed by atoms with Gasteiger partial charge in [-0.3, -0.25) is 24.8 Å². The molecule has 2 saturated heterocycles. The first-order valence-corrected chi connectivity index (χ1v) is 8.90. The maximum absolute atomic E-state index is 13.1. The first-order valence-electron chi connectivity index (χ1n) is 8.90. The second-order valence-electron chi connectivity index (χ2n) is 7.20. The summed E-state index contributed by atoms with van der Waals surface area (Å²) in [7, 11) is 1.59. The van der Waals surface area contributed by atoms with Gasteiger partial charge in [0.05, 0.1) is 29.1 Å². The Balaban J connectivity index is 1.80. The van der Waals surface area contributed by atoms with Crippen LogP contribution in [-0.4, -0.2) is 42.1 Å². The van der Waals surface area contributed by atoms with E-state index >= 15 is 0 Å². The lowest BCUT2D eigenvalue weighted by atomic mass is 9.62. The standard InChI is InChI=1S/C21H19N3O2/c1-24-19(25)16-15-12-22-21(17(16)20(24)26,14-10-6-3-7-11-14)18(23-15)13-8-4-2-5-9-13/h2-11,15-17,22H,12H2,1H3. The molecule has 4 aliphatic rings. The molecule has 4 unspecified atom stereocenters. The smallest absolute Gasteiger partial charge is 0.235 e. The number of carbonyl (C=O) groups excluding carboxylic acids is 2. The Kier molecular flexibility index (Phi) is 3.18. The van der Waals surface area contributed by atoms with Crippen LogP contribution in [0.15, 0.2) is 65.7 Å². The number of nitrogens with zero attached hydrogens (tertiary/aromatic N) is 2. The summed E-state index contributed by atoms with van der Waals surface area (Å²) >= 11 is 0. The minimum absolute atomic E-state index is 0.109. The van der Waals surface area contributed by atoms with E-state index in [2.05, 4.69) is 5.32 Å². The van der Waals surface area contributed by atoms with Crippen LogP contribution in [0.2, 0.25) is 0 Å². The van der Waals surface area contributed by atoms with Crippen LogP contribution in [0.4, 0.5) is 0 Å². The van der Waals surface area contributed by atoms with Crippen LogP contribution in [0.5, 0.6) is 0 Å². The van der Waals surface area contributed by atoms with Crippen molar-refractivity contribution in [2.75, 3.05) is 13.6 Å². The fraction of sp³-hybridized carbons (Fsp3) is 0.286. The number of nitrogens with one attached hydrogen (secondary N) is 1. The number of piperidine rings is 1. The highest BCUT2D eigenvalue weighted by Crippen LogP contribution is 2.50. The summed E-state index contributed by atoms with van der Waals surface area (Å²) in [5, 5.41) is 3.61. The van der Waals surface area contributed by atoms with Crippen LogP contribution in [0.25, 0.3) is 0 Å². The molecule has 0 aliphatic carbocycles. The highest BCUT2D eigenvalue weighted by atomic mass is 16.2. The Morgan fingerprint density at radius 1 is 1.00 bits per heavy atom. The molecule has 0 spiro atoms. The number of amides is 2. The molecule has 2 aromatic rings. The first-order chi connectivity index (χ1) is 12.6. The summed E-state index contributed by atoms with van der Waals surface area (Å²) in [6, 6.07) is 19.7. The summed E-state index contributed by atoms with van der Waals surface area (Å²) in [5.74, 6) is -1.08. The van der Waals surface area contributed by atoms with Gasteiger partial charge in [-0.05, 0) is 11.1 Å². The number of aliphatic imine (C=N–C) groups is 1. The minimum Gasteiger partial charge on any atom is -0.300 e. The molecule has 2 amide bonds. The lowest BCUT2D eigenvalue weighted by Crippen LogP contribution is -2.68. The highest BCUT2D eigenvalue weighted by Gasteiger charge is 2.66. The Hall–Kier alpha value is -2.79. The summed E-state index contributed by atoms with van der Waals surface area (Å²) < 4.78 is 0. The normalized spacial score (nSPS) is 32.6. The molecule has 4 aliphatic heterocycles. The average Bonchev–Trinajstić information content (AvgIpc) is 2.96. The van der Waals surface area contributed by atoms with Crippen molar-refractivity contribution in [1.29, 1.82) is 0 Å². The summed E-state index contributed by atoms with van der Waals surface area (Å²) in [6.07, 6.45) is 0. The minimum atomic E-state index is -0.778. The van der Waals surface area contributed by atoms with Gasteiger partial charge in [-0.25, -0.2) is 0 Å². The maximum atomic E-state index is 13.1. The van der Waals surface area contributed by atoms with Gasteiger partial charge in [-0.2, -0.15) is 0 Å². The number of hydrogen-bond donors (Lipinski definition) is 1. The lowest BCUT2D eigenvalue weighted by Gasteiger charge is -2.51. The SMILES string of the molecule is CN1C(=O)C2C3CNC(c4ccccc4)(C(c4ccccc4)=N3)C2C1=O. The number of carbonyl (C=O) groups is 2. The number of hydrogen-bond acceptors (Lipinski definition) is 4. The van der Waals surface area contributed by atoms with Gasteiger partial charge in [0.2, 0.25) is 11.8 Å². The maximum Gasteiger partial charge on any atom is 0.235 e. The number of imide groups is 1.